The van der Waals surface area contributed by atoms with Gasteiger partial charge < -0.3 is 24.7 Å². The zero-order valence-electron chi connectivity index (χ0n) is 19.3. The van der Waals surface area contributed by atoms with Crippen LogP contribution in [0.15, 0.2) is 12.7 Å². The van der Waals surface area contributed by atoms with Gasteiger partial charge in [0.1, 0.15) is 17.6 Å². The van der Waals surface area contributed by atoms with E-state index in [4.69, 9.17) is 4.74 Å². The third-order valence-electron chi connectivity index (χ3n) is 7.51. The number of likely N-dealkylation sites (tertiary alicyclic amines) is 1. The monoisotopic (exact) mass is 436 g/mol. The molecule has 0 aromatic carbocycles. The third kappa shape index (κ3) is 3.39. The molecule has 31 heavy (non-hydrogen) atoms. The van der Waals surface area contributed by atoms with Crippen molar-refractivity contribution in [3.05, 3.63) is 12.7 Å². The van der Waals surface area contributed by atoms with Crippen molar-refractivity contribution in [2.45, 2.75) is 76.7 Å². The Hall–Kier alpha value is -1.93. The maximum absolute atomic E-state index is 14.0. The number of hydrogen-bond acceptors (Lipinski definition) is 5. The summed E-state index contributed by atoms with van der Waals surface area (Å²) in [6, 6.07) is -0.892. The summed E-state index contributed by atoms with van der Waals surface area (Å²) in [7, 11) is 0. The number of carbonyl (C=O) groups excluding carboxylic acids is 2. The minimum absolute atomic E-state index is 0.0108. The summed E-state index contributed by atoms with van der Waals surface area (Å²) in [5.41, 5.74) is -2.67. The molecule has 2 bridgehead atoms. The number of ether oxygens (including phenoxy) is 1. The van der Waals surface area contributed by atoms with E-state index in [1.807, 2.05) is 27.7 Å². The van der Waals surface area contributed by atoms with Crippen LogP contribution in [0, 0.1) is 17.8 Å². The lowest BCUT2D eigenvalue weighted by Crippen LogP contribution is -2.60. The molecule has 3 heterocycles. The number of rotatable bonds is 8. The second-order valence-corrected chi connectivity index (χ2v) is 10.4. The average molecular weight is 437 g/mol. The van der Waals surface area contributed by atoms with Crippen molar-refractivity contribution in [2.24, 2.45) is 17.8 Å². The van der Waals surface area contributed by atoms with E-state index in [1.165, 1.54) is 4.90 Å². The summed E-state index contributed by atoms with van der Waals surface area (Å²) >= 11 is 0. The summed E-state index contributed by atoms with van der Waals surface area (Å²) in [6.45, 7) is 13.8. The second-order valence-electron chi connectivity index (χ2n) is 10.4. The van der Waals surface area contributed by atoms with Gasteiger partial charge in [0.05, 0.1) is 11.5 Å². The topological polar surface area (TPSA) is 107 Å². The van der Waals surface area contributed by atoms with Crippen molar-refractivity contribution in [1.29, 1.82) is 0 Å². The molecule has 3 fully saturated rings. The van der Waals surface area contributed by atoms with Crippen LogP contribution in [0.5, 0.6) is 0 Å². The van der Waals surface area contributed by atoms with E-state index in [1.54, 1.807) is 17.9 Å². The van der Waals surface area contributed by atoms with Gasteiger partial charge in [0.15, 0.2) is 0 Å². The fourth-order valence-corrected chi connectivity index (χ4v) is 6.00. The molecule has 2 N–H and O–H groups in total. The molecule has 6 atom stereocenters. The molecule has 1 spiro atoms. The molecule has 8 heteroatoms. The summed E-state index contributed by atoms with van der Waals surface area (Å²) in [4.78, 5) is 43.1. The number of carbonyl (C=O) groups is 3. The Labute approximate surface area is 184 Å². The molecule has 8 nitrogen and oxygen atoms in total. The van der Waals surface area contributed by atoms with Gasteiger partial charge in [0, 0.05) is 25.2 Å². The Bertz CT molecular complexity index is 777. The van der Waals surface area contributed by atoms with Gasteiger partial charge in [-0.2, -0.15) is 0 Å². The van der Waals surface area contributed by atoms with Crippen LogP contribution in [-0.2, 0) is 19.1 Å². The van der Waals surface area contributed by atoms with Gasteiger partial charge in [-0.1, -0.05) is 13.0 Å². The first-order valence-electron chi connectivity index (χ1n) is 11.1. The van der Waals surface area contributed by atoms with Crippen LogP contribution in [0.2, 0.25) is 0 Å². The van der Waals surface area contributed by atoms with Crippen LogP contribution in [-0.4, -0.2) is 80.3 Å². The SMILES string of the molecule is C=CCN(C(=O)C1N(CCCCO)C(=O)[C@@H]2[C@H](C(=O)O)[C@@]3(C)OC12CC3C)C(C)(C)C. The van der Waals surface area contributed by atoms with Crippen LogP contribution in [0.3, 0.4) is 0 Å². The van der Waals surface area contributed by atoms with E-state index < -0.39 is 40.6 Å². The summed E-state index contributed by atoms with van der Waals surface area (Å²) in [5, 5.41) is 19.2. The molecule has 3 unspecified atom stereocenters. The van der Waals surface area contributed by atoms with Gasteiger partial charge >= 0.3 is 5.97 Å². The molecule has 3 saturated heterocycles. The Kier molecular flexibility index (Phi) is 6.04. The minimum Gasteiger partial charge on any atom is -0.481 e. The molecule has 0 radical (unpaired) electrons. The van der Waals surface area contributed by atoms with E-state index >= 15 is 0 Å². The Morgan fingerprint density at radius 1 is 1.35 bits per heavy atom. The number of aliphatic carboxylic acids is 1. The van der Waals surface area contributed by atoms with Gasteiger partial charge in [-0.05, 0) is 52.9 Å². The van der Waals surface area contributed by atoms with E-state index in [-0.39, 0.29) is 30.9 Å². The van der Waals surface area contributed by atoms with E-state index in [0.717, 1.165) is 0 Å². The fourth-order valence-electron chi connectivity index (χ4n) is 6.00. The highest BCUT2D eigenvalue weighted by Crippen LogP contribution is 2.65. The average Bonchev–Trinajstić information content (AvgIpc) is 3.16. The lowest BCUT2D eigenvalue weighted by Gasteiger charge is -2.42. The number of carboxylic acids is 1. The van der Waals surface area contributed by atoms with Gasteiger partial charge in [0.2, 0.25) is 11.8 Å². The Balaban J connectivity index is 2.11. The van der Waals surface area contributed by atoms with Gasteiger partial charge in [-0.15, -0.1) is 6.58 Å². The van der Waals surface area contributed by atoms with Crippen LogP contribution < -0.4 is 0 Å². The zero-order valence-corrected chi connectivity index (χ0v) is 19.3. The number of aliphatic hydroxyl groups excluding tert-OH is 1. The first-order valence-corrected chi connectivity index (χ1v) is 11.1. The normalized spacial score (nSPS) is 36.6. The van der Waals surface area contributed by atoms with Crippen LogP contribution in [0.4, 0.5) is 0 Å². The molecule has 0 aromatic rings. The molecule has 2 amide bonds. The Morgan fingerprint density at radius 2 is 2.00 bits per heavy atom. The molecule has 3 aliphatic rings. The van der Waals surface area contributed by atoms with E-state index in [9.17, 15) is 24.6 Å². The molecular weight excluding hydrogens is 400 g/mol. The summed E-state index contributed by atoms with van der Waals surface area (Å²) in [6.07, 6.45) is 3.14. The maximum atomic E-state index is 14.0. The van der Waals surface area contributed by atoms with Crippen molar-refractivity contribution in [2.75, 3.05) is 19.7 Å². The number of hydrogen-bond donors (Lipinski definition) is 2. The van der Waals surface area contributed by atoms with Crippen molar-refractivity contribution in [3.8, 4) is 0 Å². The van der Waals surface area contributed by atoms with Crippen LogP contribution >= 0.6 is 0 Å². The molecule has 0 saturated carbocycles. The quantitative estimate of drug-likeness (QED) is 0.443. The smallest absolute Gasteiger partial charge is 0.310 e. The first kappa shape index (κ1) is 23.7. The molecule has 3 aliphatic heterocycles. The number of fused-ring (bicyclic) bond motifs is 1. The molecule has 0 aliphatic carbocycles. The summed E-state index contributed by atoms with van der Waals surface area (Å²) in [5.74, 6) is -3.62. The minimum atomic E-state index is -1.16. The lowest BCUT2D eigenvalue weighted by molar-refractivity contribution is -0.159. The number of nitrogens with zero attached hydrogens (tertiary/aromatic N) is 2. The standard InChI is InChI=1S/C23H36N2O6/c1-7-10-25(21(3,4)5)19(28)17-23-13-14(2)22(6,31-23)16(20(29)30)15(23)18(27)24(17)11-8-9-12-26/h7,14-17,26H,1,8-13H2,2-6H3,(H,29,30)/t14?,15-,16+,17?,22-,23?/m0/s1. The predicted molar refractivity (Wildman–Crippen MR) is 114 cm³/mol. The molecule has 174 valence electrons. The van der Waals surface area contributed by atoms with Crippen LogP contribution in [0.1, 0.15) is 53.9 Å². The lowest BCUT2D eigenvalue weighted by atomic mass is 9.62. The van der Waals surface area contributed by atoms with Crippen molar-refractivity contribution in [3.63, 3.8) is 0 Å². The highest BCUT2D eigenvalue weighted by Gasteiger charge is 2.80. The number of unbranched alkanes of at least 4 members (excludes halogenated alkanes) is 1. The predicted octanol–water partition coefficient (Wildman–Crippen LogP) is 1.67. The first-order chi connectivity index (χ1) is 14.4. The van der Waals surface area contributed by atoms with Crippen molar-refractivity contribution < 1.29 is 29.3 Å². The number of amides is 2. The number of aliphatic hydroxyl groups is 1. The molecule has 0 aromatic heterocycles. The highest BCUT2D eigenvalue weighted by molar-refractivity contribution is 5.98. The van der Waals surface area contributed by atoms with Crippen molar-refractivity contribution >= 4 is 17.8 Å². The fraction of sp³-hybridized carbons (Fsp3) is 0.783. The summed E-state index contributed by atoms with van der Waals surface area (Å²) < 4.78 is 6.47. The zero-order chi connectivity index (χ0) is 23.4. The largest absolute Gasteiger partial charge is 0.481 e. The second kappa shape index (κ2) is 7.89. The van der Waals surface area contributed by atoms with E-state index in [0.29, 0.717) is 25.8 Å². The van der Waals surface area contributed by atoms with Gasteiger partial charge in [-0.3, -0.25) is 14.4 Å². The maximum Gasteiger partial charge on any atom is 0.310 e. The molecular formula is C23H36N2O6. The van der Waals surface area contributed by atoms with Gasteiger partial charge in [-0.25, -0.2) is 0 Å². The van der Waals surface area contributed by atoms with Gasteiger partial charge in [0.25, 0.3) is 0 Å². The third-order valence-corrected chi connectivity index (χ3v) is 7.51. The number of carboxylic acid groups (broad SMARTS) is 1. The molecule has 3 rings (SSSR count). The highest BCUT2D eigenvalue weighted by atomic mass is 16.5. The van der Waals surface area contributed by atoms with E-state index in [2.05, 4.69) is 6.58 Å². The Morgan fingerprint density at radius 3 is 2.52 bits per heavy atom. The van der Waals surface area contributed by atoms with Crippen LogP contribution in [0.25, 0.3) is 0 Å². The van der Waals surface area contributed by atoms with Crippen molar-refractivity contribution in [1.82, 2.24) is 9.80 Å².